The van der Waals surface area contributed by atoms with Crippen LogP contribution in [-0.4, -0.2) is 46.3 Å². The first-order valence-electron chi connectivity index (χ1n) is 10.6. The number of aromatic nitrogens is 1. The van der Waals surface area contributed by atoms with E-state index in [0.29, 0.717) is 11.0 Å². The number of alkyl halides is 1. The van der Waals surface area contributed by atoms with Gasteiger partial charge in [0, 0.05) is 16.5 Å². The van der Waals surface area contributed by atoms with Crippen molar-refractivity contribution in [2.24, 2.45) is 5.92 Å². The summed E-state index contributed by atoms with van der Waals surface area (Å²) in [7, 11) is 0. The highest BCUT2D eigenvalue weighted by Crippen LogP contribution is 2.30. The minimum absolute atomic E-state index is 0.128. The standard InChI is InChI=1S/C25H27FN2O5/c1-14(2)24(16(4)27-19(12-23(30)31)22(29)13-26)33-25(32)28-20-8-6-5-7-17(20)18-10-9-15(3)11-21(18)28/h5-11,14,19,24,27H,4,12-13H2,1-3H3,(H,30,31). The third kappa shape index (κ3) is 5.05. The Balaban J connectivity index is 1.94. The summed E-state index contributed by atoms with van der Waals surface area (Å²) in [6.07, 6.45) is -2.14. The van der Waals surface area contributed by atoms with Gasteiger partial charge in [-0.2, -0.15) is 0 Å². The number of hydrogen-bond donors (Lipinski definition) is 2. The summed E-state index contributed by atoms with van der Waals surface area (Å²) in [5, 5.41) is 13.5. The van der Waals surface area contributed by atoms with Gasteiger partial charge in [0.1, 0.15) is 12.8 Å². The number of nitrogens with one attached hydrogen (secondary N) is 1. The molecule has 2 unspecified atom stereocenters. The molecule has 8 heteroatoms. The Morgan fingerprint density at radius 3 is 2.42 bits per heavy atom. The number of aliphatic carboxylic acids is 1. The van der Waals surface area contributed by atoms with Crippen molar-refractivity contribution in [2.45, 2.75) is 39.3 Å². The monoisotopic (exact) mass is 454 g/mol. The van der Waals surface area contributed by atoms with Gasteiger partial charge in [0.15, 0.2) is 5.78 Å². The van der Waals surface area contributed by atoms with Crippen molar-refractivity contribution in [3.8, 4) is 0 Å². The predicted octanol–water partition coefficient (Wildman–Crippen LogP) is 4.60. The first kappa shape index (κ1) is 24.0. The zero-order chi connectivity index (χ0) is 24.3. The molecule has 0 aliphatic carbocycles. The van der Waals surface area contributed by atoms with Gasteiger partial charge in [0.25, 0.3) is 0 Å². The molecular formula is C25H27FN2O5. The van der Waals surface area contributed by atoms with E-state index in [-0.39, 0.29) is 11.6 Å². The summed E-state index contributed by atoms with van der Waals surface area (Å²) in [5.41, 5.74) is 2.48. The van der Waals surface area contributed by atoms with Crippen LogP contribution >= 0.6 is 0 Å². The minimum Gasteiger partial charge on any atom is -0.481 e. The Bertz CT molecular complexity index is 1230. The molecule has 0 aliphatic rings. The average molecular weight is 454 g/mol. The quantitative estimate of drug-likeness (QED) is 0.491. The van der Waals surface area contributed by atoms with Crippen LogP contribution in [0.25, 0.3) is 21.8 Å². The first-order chi connectivity index (χ1) is 15.6. The molecule has 174 valence electrons. The lowest BCUT2D eigenvalue weighted by atomic mass is 10.0. The van der Waals surface area contributed by atoms with Gasteiger partial charge in [-0.15, -0.1) is 0 Å². The average Bonchev–Trinajstić information content (AvgIpc) is 3.09. The van der Waals surface area contributed by atoms with Crippen molar-refractivity contribution in [3.05, 3.63) is 60.3 Å². The Labute approximate surface area is 190 Å². The third-order valence-electron chi connectivity index (χ3n) is 5.45. The maximum atomic E-state index is 13.4. The van der Waals surface area contributed by atoms with Crippen molar-refractivity contribution in [1.29, 1.82) is 0 Å². The summed E-state index contributed by atoms with van der Waals surface area (Å²) >= 11 is 0. The Kier molecular flexibility index (Phi) is 7.16. The molecule has 2 N–H and O–H groups in total. The maximum Gasteiger partial charge on any atom is 0.419 e. The first-order valence-corrected chi connectivity index (χ1v) is 10.6. The van der Waals surface area contributed by atoms with Crippen LogP contribution in [0, 0.1) is 12.8 Å². The third-order valence-corrected chi connectivity index (χ3v) is 5.45. The summed E-state index contributed by atoms with van der Waals surface area (Å²) in [5.74, 6) is -2.43. The van der Waals surface area contributed by atoms with Gasteiger partial charge in [0.05, 0.1) is 23.5 Å². The van der Waals surface area contributed by atoms with E-state index in [0.717, 1.165) is 16.3 Å². The van der Waals surface area contributed by atoms with Crippen LogP contribution in [-0.2, 0) is 14.3 Å². The van der Waals surface area contributed by atoms with E-state index < -0.39 is 43.1 Å². The van der Waals surface area contributed by atoms with E-state index in [4.69, 9.17) is 9.84 Å². The molecule has 0 amide bonds. The fourth-order valence-electron chi connectivity index (χ4n) is 3.87. The predicted molar refractivity (Wildman–Crippen MR) is 124 cm³/mol. The Morgan fingerprint density at radius 1 is 1.12 bits per heavy atom. The molecular weight excluding hydrogens is 427 g/mol. The van der Waals surface area contributed by atoms with E-state index in [2.05, 4.69) is 11.9 Å². The SMILES string of the molecule is C=C(NC(CC(=O)O)C(=O)CF)C(OC(=O)n1c2ccccc2c2ccc(C)cc21)C(C)C. The van der Waals surface area contributed by atoms with Crippen molar-refractivity contribution in [2.75, 3.05) is 6.67 Å². The van der Waals surface area contributed by atoms with E-state index in [1.165, 1.54) is 4.57 Å². The van der Waals surface area contributed by atoms with Gasteiger partial charge in [-0.25, -0.2) is 13.8 Å². The molecule has 0 fully saturated rings. The van der Waals surface area contributed by atoms with Crippen LogP contribution in [0.15, 0.2) is 54.7 Å². The maximum absolute atomic E-state index is 13.4. The summed E-state index contributed by atoms with van der Waals surface area (Å²) in [4.78, 5) is 36.3. The van der Waals surface area contributed by atoms with Gasteiger partial charge < -0.3 is 15.2 Å². The molecule has 0 radical (unpaired) electrons. The number of aryl methyl sites for hydroxylation is 1. The fourth-order valence-corrected chi connectivity index (χ4v) is 3.87. The lowest BCUT2D eigenvalue weighted by Crippen LogP contribution is -2.43. The number of rotatable bonds is 9. The molecule has 3 aromatic rings. The molecule has 2 aromatic carbocycles. The number of carboxylic acid groups (broad SMARTS) is 1. The number of ketones is 1. The molecule has 3 rings (SSSR count). The number of fused-ring (bicyclic) bond motifs is 3. The molecule has 0 saturated heterocycles. The smallest absolute Gasteiger partial charge is 0.419 e. The molecule has 7 nitrogen and oxygen atoms in total. The summed E-state index contributed by atoms with van der Waals surface area (Å²) < 4.78 is 20.2. The van der Waals surface area contributed by atoms with Gasteiger partial charge in [0.2, 0.25) is 0 Å². The number of hydrogen-bond acceptors (Lipinski definition) is 5. The zero-order valence-corrected chi connectivity index (χ0v) is 18.8. The van der Waals surface area contributed by atoms with Crippen LogP contribution in [0.2, 0.25) is 0 Å². The number of para-hydroxylation sites is 1. The van der Waals surface area contributed by atoms with E-state index >= 15 is 0 Å². The normalized spacial score (nSPS) is 13.1. The number of halogens is 1. The second-order valence-corrected chi connectivity index (χ2v) is 8.34. The van der Waals surface area contributed by atoms with Crippen molar-refractivity contribution < 1.29 is 28.6 Å². The lowest BCUT2D eigenvalue weighted by molar-refractivity contribution is -0.139. The number of Topliss-reactive ketones (excluding diaryl/α,β-unsaturated/α-hetero) is 1. The Hall–Kier alpha value is -3.68. The number of nitrogens with zero attached hydrogens (tertiary/aromatic N) is 1. The number of ether oxygens (including phenoxy) is 1. The van der Waals surface area contributed by atoms with Crippen LogP contribution < -0.4 is 5.32 Å². The fraction of sp³-hybridized carbons (Fsp3) is 0.320. The second kappa shape index (κ2) is 9.85. The van der Waals surface area contributed by atoms with E-state index in [9.17, 15) is 18.8 Å². The van der Waals surface area contributed by atoms with Gasteiger partial charge >= 0.3 is 12.1 Å². The highest BCUT2D eigenvalue weighted by molar-refractivity contribution is 6.12. The second-order valence-electron chi connectivity index (χ2n) is 8.34. The van der Waals surface area contributed by atoms with Crippen molar-refractivity contribution >= 4 is 39.7 Å². The van der Waals surface area contributed by atoms with E-state index in [1.807, 2.05) is 49.4 Å². The molecule has 33 heavy (non-hydrogen) atoms. The number of carboxylic acids is 1. The van der Waals surface area contributed by atoms with Crippen LogP contribution in [0.3, 0.4) is 0 Å². The zero-order valence-electron chi connectivity index (χ0n) is 18.8. The van der Waals surface area contributed by atoms with Crippen LogP contribution in [0.1, 0.15) is 25.8 Å². The van der Waals surface area contributed by atoms with E-state index in [1.54, 1.807) is 13.8 Å². The molecule has 0 spiro atoms. The van der Waals surface area contributed by atoms with Gasteiger partial charge in [-0.3, -0.25) is 9.59 Å². The molecule has 0 bridgehead atoms. The largest absolute Gasteiger partial charge is 0.481 e. The topological polar surface area (TPSA) is 97.6 Å². The molecule has 1 heterocycles. The molecule has 1 aromatic heterocycles. The highest BCUT2D eigenvalue weighted by Gasteiger charge is 2.29. The lowest BCUT2D eigenvalue weighted by Gasteiger charge is -2.27. The molecule has 0 saturated carbocycles. The molecule has 2 atom stereocenters. The van der Waals surface area contributed by atoms with Crippen molar-refractivity contribution in [1.82, 2.24) is 9.88 Å². The summed E-state index contributed by atoms with van der Waals surface area (Å²) in [6, 6.07) is 12.0. The summed E-state index contributed by atoms with van der Waals surface area (Å²) in [6.45, 7) is 8.06. The van der Waals surface area contributed by atoms with Crippen molar-refractivity contribution in [3.63, 3.8) is 0 Å². The number of benzene rings is 2. The number of carbonyl (C=O) groups is 3. The van der Waals surface area contributed by atoms with Crippen LogP contribution in [0.4, 0.5) is 9.18 Å². The molecule has 0 aliphatic heterocycles. The van der Waals surface area contributed by atoms with Crippen LogP contribution in [0.5, 0.6) is 0 Å². The Morgan fingerprint density at radius 2 is 1.79 bits per heavy atom. The minimum atomic E-state index is -1.31. The van der Waals surface area contributed by atoms with Gasteiger partial charge in [-0.1, -0.05) is 50.8 Å². The highest BCUT2D eigenvalue weighted by atomic mass is 19.1. The number of carbonyl (C=O) groups excluding carboxylic acids is 2. The van der Waals surface area contributed by atoms with Gasteiger partial charge in [-0.05, 0) is 30.5 Å².